The Morgan fingerprint density at radius 2 is 1.84 bits per heavy atom. The van der Waals surface area contributed by atoms with Crippen molar-refractivity contribution in [2.45, 2.75) is 45.9 Å². The van der Waals surface area contributed by atoms with Gasteiger partial charge in [0.2, 0.25) is 0 Å². The number of benzene rings is 2. The number of likely N-dealkylation sites (tertiary alicyclic amines) is 1. The number of fused-ring (bicyclic) bond motifs is 1. The van der Waals surface area contributed by atoms with Gasteiger partial charge in [0.05, 0.1) is 37.6 Å². The minimum absolute atomic E-state index is 0.00933. The number of carbonyl (C=O) groups excluding carboxylic acids is 2. The van der Waals surface area contributed by atoms with Gasteiger partial charge in [0.1, 0.15) is 23.4 Å². The number of aliphatic hydroxyl groups excluding tert-OH is 1. The third kappa shape index (κ3) is 4.55. The smallest absolute Gasteiger partial charge is 0.296 e. The fourth-order valence-electron chi connectivity index (χ4n) is 4.92. The molecule has 2 atom stereocenters. The van der Waals surface area contributed by atoms with Gasteiger partial charge in [0.25, 0.3) is 11.7 Å². The van der Waals surface area contributed by atoms with Crippen LogP contribution in [0, 0.1) is 0 Å². The van der Waals surface area contributed by atoms with Crippen LogP contribution in [-0.2, 0) is 22.6 Å². The number of aliphatic hydroxyl groups is 1. The number of hydrogen-bond donors (Lipinski definition) is 1. The van der Waals surface area contributed by atoms with Crippen molar-refractivity contribution in [1.82, 2.24) is 4.90 Å². The van der Waals surface area contributed by atoms with Crippen LogP contribution in [0.1, 0.15) is 49.3 Å². The van der Waals surface area contributed by atoms with Crippen molar-refractivity contribution in [3.63, 3.8) is 0 Å². The lowest BCUT2D eigenvalue weighted by molar-refractivity contribution is -0.140. The number of amides is 1. The molecule has 192 valence electrons. The topological polar surface area (TPSA) is 98.4 Å². The van der Waals surface area contributed by atoms with Gasteiger partial charge in [0, 0.05) is 12.0 Å². The molecule has 0 radical (unpaired) electrons. The van der Waals surface area contributed by atoms with Crippen LogP contribution in [0.25, 0.3) is 5.76 Å². The van der Waals surface area contributed by atoms with E-state index >= 15 is 0 Å². The summed E-state index contributed by atoms with van der Waals surface area (Å²) in [6, 6.07) is 13.2. The molecule has 0 saturated carbocycles. The zero-order valence-electron chi connectivity index (χ0n) is 21.0. The summed E-state index contributed by atoms with van der Waals surface area (Å²) in [5, 5.41) is 11.5. The lowest BCUT2D eigenvalue weighted by Crippen LogP contribution is -2.29. The third-order valence-electron chi connectivity index (χ3n) is 6.50. The first kappa shape index (κ1) is 24.5. The molecular formula is C29H29NO7. The average Bonchev–Trinajstić information content (AvgIpc) is 3.59. The molecule has 1 amide bonds. The fraction of sp³-hybridized carbons (Fsp3) is 0.310. The van der Waals surface area contributed by atoms with Crippen LogP contribution in [0.15, 0.2) is 64.8 Å². The molecule has 3 heterocycles. The average molecular weight is 504 g/mol. The van der Waals surface area contributed by atoms with Crippen molar-refractivity contribution >= 4 is 17.4 Å². The summed E-state index contributed by atoms with van der Waals surface area (Å²) in [5.41, 5.74) is 2.01. The monoisotopic (exact) mass is 503 g/mol. The Kier molecular flexibility index (Phi) is 6.65. The molecule has 1 saturated heterocycles. The predicted molar refractivity (Wildman–Crippen MR) is 136 cm³/mol. The minimum atomic E-state index is -0.858. The van der Waals surface area contributed by atoms with E-state index in [1.165, 1.54) is 11.2 Å². The molecule has 2 aliphatic rings. The predicted octanol–water partition coefficient (Wildman–Crippen LogP) is 5.02. The molecule has 2 aromatic carbocycles. The lowest BCUT2D eigenvalue weighted by atomic mass is 9.94. The summed E-state index contributed by atoms with van der Waals surface area (Å²) < 4.78 is 22.7. The van der Waals surface area contributed by atoms with Gasteiger partial charge in [0.15, 0.2) is 11.5 Å². The zero-order chi connectivity index (χ0) is 26.1. The van der Waals surface area contributed by atoms with Crippen LogP contribution < -0.4 is 14.2 Å². The Morgan fingerprint density at radius 3 is 2.57 bits per heavy atom. The molecule has 1 N–H and O–H groups in total. The normalized spacial score (nSPS) is 20.1. The summed E-state index contributed by atoms with van der Waals surface area (Å²) in [6.07, 6.45) is 2.24. The van der Waals surface area contributed by atoms with Crippen molar-refractivity contribution < 1.29 is 33.3 Å². The maximum atomic E-state index is 13.4. The van der Waals surface area contributed by atoms with Crippen LogP contribution in [0.3, 0.4) is 0 Å². The molecule has 1 fully saturated rings. The number of hydrogen-bond acceptors (Lipinski definition) is 7. The highest BCUT2D eigenvalue weighted by Gasteiger charge is 2.46. The molecule has 5 rings (SSSR count). The maximum Gasteiger partial charge on any atom is 0.296 e. The molecule has 1 aromatic heterocycles. The molecule has 0 unspecified atom stereocenters. The number of ketones is 1. The Balaban J connectivity index is 1.64. The van der Waals surface area contributed by atoms with Crippen LogP contribution in [-0.4, -0.2) is 41.0 Å². The van der Waals surface area contributed by atoms with Crippen molar-refractivity contribution in [2.75, 3.05) is 13.2 Å². The quantitative estimate of drug-likeness (QED) is 0.262. The van der Waals surface area contributed by atoms with Crippen molar-refractivity contribution in [3.8, 4) is 17.2 Å². The Morgan fingerprint density at radius 1 is 1.05 bits per heavy atom. The number of rotatable bonds is 8. The van der Waals surface area contributed by atoms with Crippen LogP contribution in [0.5, 0.6) is 17.2 Å². The van der Waals surface area contributed by atoms with Crippen LogP contribution in [0.4, 0.5) is 0 Å². The van der Waals surface area contributed by atoms with E-state index < -0.39 is 17.7 Å². The number of Topliss-reactive ketones (excluding diaryl/α,β-unsaturated/α-hetero) is 1. The van der Waals surface area contributed by atoms with Gasteiger partial charge in [-0.15, -0.1) is 0 Å². The molecule has 8 nitrogen and oxygen atoms in total. The first-order valence-electron chi connectivity index (χ1n) is 12.4. The van der Waals surface area contributed by atoms with E-state index in [1.807, 2.05) is 26.8 Å². The van der Waals surface area contributed by atoms with E-state index in [-0.39, 0.29) is 24.0 Å². The van der Waals surface area contributed by atoms with Gasteiger partial charge in [-0.2, -0.15) is 0 Å². The first-order valence-corrected chi connectivity index (χ1v) is 12.4. The fourth-order valence-corrected chi connectivity index (χ4v) is 4.92. The largest absolute Gasteiger partial charge is 0.507 e. The SMILES string of the molecule is CCOc1ccc([C@@H]2/C(=C(\O)c3ccc4c(c3)C[C@H](C)O4)C(=O)C(=O)N2Cc2ccco2)cc1OCC. The maximum absolute atomic E-state index is 13.4. The summed E-state index contributed by atoms with van der Waals surface area (Å²) in [6.45, 7) is 6.64. The molecule has 3 aromatic rings. The molecule has 0 spiro atoms. The highest BCUT2D eigenvalue weighted by Crippen LogP contribution is 2.43. The second-order valence-corrected chi connectivity index (χ2v) is 9.03. The van der Waals surface area contributed by atoms with E-state index in [4.69, 9.17) is 18.6 Å². The number of ether oxygens (including phenoxy) is 3. The van der Waals surface area contributed by atoms with Crippen LogP contribution in [0.2, 0.25) is 0 Å². The second kappa shape index (κ2) is 10.0. The summed E-state index contributed by atoms with van der Waals surface area (Å²) in [7, 11) is 0. The highest BCUT2D eigenvalue weighted by molar-refractivity contribution is 6.46. The Hall–Kier alpha value is -4.20. The number of furan rings is 1. The summed E-state index contributed by atoms with van der Waals surface area (Å²) in [4.78, 5) is 28.1. The lowest BCUT2D eigenvalue weighted by Gasteiger charge is -2.25. The van der Waals surface area contributed by atoms with Gasteiger partial charge in [-0.1, -0.05) is 6.07 Å². The van der Waals surface area contributed by atoms with Crippen molar-refractivity contribution in [3.05, 3.63) is 82.8 Å². The first-order chi connectivity index (χ1) is 17.9. The van der Waals surface area contributed by atoms with E-state index in [0.29, 0.717) is 48.0 Å². The standard InChI is InChI=1S/C29H29NO7/c1-4-34-23-11-8-18(15-24(23)35-5-2)26-25(28(32)29(33)30(26)16-21-7-6-12-36-21)27(31)19-9-10-22-20(14-19)13-17(3)37-22/h6-12,14-15,17,26,31H,4-5,13,16H2,1-3H3/b27-25+/t17-,26+/m0/s1. The molecular weight excluding hydrogens is 474 g/mol. The third-order valence-corrected chi connectivity index (χ3v) is 6.50. The van der Waals surface area contributed by atoms with Gasteiger partial charge >= 0.3 is 0 Å². The summed E-state index contributed by atoms with van der Waals surface area (Å²) >= 11 is 0. The van der Waals surface area contributed by atoms with E-state index in [2.05, 4.69) is 0 Å². The molecule has 0 bridgehead atoms. The van der Waals surface area contributed by atoms with E-state index in [9.17, 15) is 14.7 Å². The Bertz CT molecular complexity index is 1360. The summed E-state index contributed by atoms with van der Waals surface area (Å²) in [5.74, 6) is 0.620. The van der Waals surface area contributed by atoms with Gasteiger partial charge in [-0.3, -0.25) is 9.59 Å². The second-order valence-electron chi connectivity index (χ2n) is 9.03. The van der Waals surface area contributed by atoms with Crippen molar-refractivity contribution in [2.24, 2.45) is 0 Å². The van der Waals surface area contributed by atoms with E-state index in [0.717, 1.165) is 11.3 Å². The molecule has 0 aliphatic carbocycles. The Labute approximate surface area is 215 Å². The van der Waals surface area contributed by atoms with Crippen molar-refractivity contribution in [1.29, 1.82) is 0 Å². The van der Waals surface area contributed by atoms with Crippen LogP contribution >= 0.6 is 0 Å². The number of nitrogens with zero attached hydrogens (tertiary/aromatic N) is 1. The van der Waals surface area contributed by atoms with Gasteiger partial charge in [-0.25, -0.2) is 0 Å². The highest BCUT2D eigenvalue weighted by atomic mass is 16.5. The van der Waals surface area contributed by atoms with Gasteiger partial charge < -0.3 is 28.6 Å². The number of carbonyl (C=O) groups is 2. The minimum Gasteiger partial charge on any atom is -0.507 e. The van der Waals surface area contributed by atoms with E-state index in [1.54, 1.807) is 42.5 Å². The molecule has 37 heavy (non-hydrogen) atoms. The molecule has 2 aliphatic heterocycles. The zero-order valence-corrected chi connectivity index (χ0v) is 21.0. The van der Waals surface area contributed by atoms with Gasteiger partial charge in [-0.05, 0) is 74.4 Å². The molecule has 8 heteroatoms.